The van der Waals surface area contributed by atoms with Gasteiger partial charge in [-0.1, -0.05) is 54.1 Å². The smallest absolute Gasteiger partial charge is 0.166 e. The largest absolute Gasteiger partial charge is 0.303 e. The molecule has 2 aliphatic rings. The van der Waals surface area contributed by atoms with Gasteiger partial charge in [-0.3, -0.25) is 4.79 Å². The number of nitrogens with zero attached hydrogens (tertiary/aromatic N) is 1. The molecule has 1 fully saturated rings. The van der Waals surface area contributed by atoms with Crippen LogP contribution >= 0.6 is 11.6 Å². The molecule has 136 valence electrons. The van der Waals surface area contributed by atoms with Crippen molar-refractivity contribution in [3.63, 3.8) is 0 Å². The van der Waals surface area contributed by atoms with E-state index in [0.717, 1.165) is 67.9 Å². The minimum Gasteiger partial charge on any atom is -0.303 e. The van der Waals surface area contributed by atoms with Crippen molar-refractivity contribution in [3.05, 3.63) is 70.2 Å². The Kier molecular flexibility index (Phi) is 5.42. The maximum atomic E-state index is 13.0. The summed E-state index contributed by atoms with van der Waals surface area (Å²) < 4.78 is 0. The Morgan fingerprint density at radius 2 is 1.73 bits per heavy atom. The molecule has 2 aromatic carbocycles. The van der Waals surface area contributed by atoms with E-state index >= 15 is 0 Å². The van der Waals surface area contributed by atoms with E-state index in [-0.39, 0.29) is 5.92 Å². The molecule has 1 aliphatic heterocycles. The van der Waals surface area contributed by atoms with Gasteiger partial charge in [0, 0.05) is 23.0 Å². The lowest BCUT2D eigenvalue weighted by Gasteiger charge is -2.37. The molecule has 26 heavy (non-hydrogen) atoms. The van der Waals surface area contributed by atoms with Gasteiger partial charge in [-0.2, -0.15) is 0 Å². The van der Waals surface area contributed by atoms with Crippen LogP contribution in [0.15, 0.2) is 48.5 Å². The summed E-state index contributed by atoms with van der Waals surface area (Å²) in [4.78, 5) is 15.5. The molecular formula is C23H26ClNO. The highest BCUT2D eigenvalue weighted by atomic mass is 35.5. The zero-order valence-electron chi connectivity index (χ0n) is 15.2. The fourth-order valence-electron chi connectivity index (χ4n) is 4.63. The Morgan fingerprint density at radius 3 is 2.50 bits per heavy atom. The predicted molar refractivity (Wildman–Crippen MR) is 107 cm³/mol. The second-order valence-electron chi connectivity index (χ2n) is 7.69. The van der Waals surface area contributed by atoms with Gasteiger partial charge in [0.25, 0.3) is 0 Å². The molecular weight excluding hydrogens is 342 g/mol. The molecule has 2 nitrogen and oxygen atoms in total. The molecule has 0 N–H and O–H groups in total. The second kappa shape index (κ2) is 7.94. The molecule has 0 spiro atoms. The van der Waals surface area contributed by atoms with E-state index in [1.165, 1.54) is 5.56 Å². The summed E-state index contributed by atoms with van der Waals surface area (Å²) in [5.41, 5.74) is 3.35. The number of halogens is 1. The molecule has 1 atom stereocenters. The Balaban J connectivity index is 1.33. The number of piperidine rings is 1. The monoisotopic (exact) mass is 367 g/mol. The van der Waals surface area contributed by atoms with Gasteiger partial charge in [-0.25, -0.2) is 0 Å². The first-order valence-electron chi connectivity index (χ1n) is 9.80. The van der Waals surface area contributed by atoms with Crippen LogP contribution in [0, 0.1) is 11.8 Å². The third-order valence-electron chi connectivity index (χ3n) is 6.19. The number of Topliss-reactive ketones (excluding diaryl/α,β-unsaturated/α-hetero) is 1. The number of carbonyl (C=O) groups excluding carboxylic acids is 1. The van der Waals surface area contributed by atoms with Crippen LogP contribution < -0.4 is 0 Å². The lowest BCUT2D eigenvalue weighted by molar-refractivity contribution is 0.0769. The molecule has 0 amide bonds. The first-order valence-corrected chi connectivity index (χ1v) is 10.2. The molecule has 2 aromatic rings. The number of likely N-dealkylation sites (tertiary alicyclic amines) is 1. The molecule has 0 radical (unpaired) electrons. The normalized spacial score (nSPS) is 21.6. The molecule has 4 rings (SSSR count). The molecule has 0 saturated carbocycles. The Bertz CT molecular complexity index is 765. The van der Waals surface area contributed by atoms with Crippen molar-refractivity contribution in [1.29, 1.82) is 0 Å². The molecule has 0 bridgehead atoms. The first-order chi connectivity index (χ1) is 12.7. The lowest BCUT2D eigenvalue weighted by Crippen LogP contribution is -2.40. The molecule has 1 saturated heterocycles. The van der Waals surface area contributed by atoms with Gasteiger partial charge in [0.15, 0.2) is 5.78 Å². The highest BCUT2D eigenvalue weighted by Crippen LogP contribution is 2.37. The number of ketones is 1. The maximum absolute atomic E-state index is 13.0. The highest BCUT2D eigenvalue weighted by Gasteiger charge is 2.35. The summed E-state index contributed by atoms with van der Waals surface area (Å²) in [7, 11) is 0. The topological polar surface area (TPSA) is 20.3 Å². The van der Waals surface area contributed by atoms with E-state index in [0.29, 0.717) is 11.7 Å². The number of carbonyl (C=O) groups is 1. The summed E-state index contributed by atoms with van der Waals surface area (Å²) in [6.07, 6.45) is 5.30. The van der Waals surface area contributed by atoms with Crippen LogP contribution in [-0.4, -0.2) is 30.3 Å². The number of benzene rings is 2. The third-order valence-corrected chi connectivity index (χ3v) is 6.54. The van der Waals surface area contributed by atoms with Gasteiger partial charge in [0.2, 0.25) is 0 Å². The molecule has 1 unspecified atom stereocenters. The van der Waals surface area contributed by atoms with E-state index in [9.17, 15) is 4.79 Å². The lowest BCUT2D eigenvalue weighted by atomic mass is 9.73. The number of rotatable bonds is 4. The van der Waals surface area contributed by atoms with Crippen LogP contribution in [0.25, 0.3) is 0 Å². The van der Waals surface area contributed by atoms with Gasteiger partial charge in [0.1, 0.15) is 0 Å². The molecule has 1 aliphatic carbocycles. The molecule has 0 aromatic heterocycles. The van der Waals surface area contributed by atoms with Gasteiger partial charge in [0.05, 0.1) is 0 Å². The first kappa shape index (κ1) is 17.8. The maximum Gasteiger partial charge on any atom is 0.166 e. The third kappa shape index (κ3) is 3.72. The van der Waals surface area contributed by atoms with E-state index in [2.05, 4.69) is 35.2 Å². The van der Waals surface area contributed by atoms with Crippen LogP contribution in [0.4, 0.5) is 0 Å². The van der Waals surface area contributed by atoms with Crippen molar-refractivity contribution >= 4 is 17.4 Å². The van der Waals surface area contributed by atoms with Crippen molar-refractivity contribution in [1.82, 2.24) is 4.90 Å². The van der Waals surface area contributed by atoms with Crippen LogP contribution in [0.1, 0.15) is 40.7 Å². The SMILES string of the molecule is O=C1c2cccc(Cl)c2CCC1C1CCN(CCc2ccccc2)CC1. The standard InChI is InChI=1S/C23H26ClNO/c24-22-8-4-7-21-20(22)10-9-19(23(21)26)18-12-15-25(16-13-18)14-11-17-5-2-1-3-6-17/h1-8,18-19H,9-16H2. The minimum atomic E-state index is 0.192. The average Bonchev–Trinajstić information content (AvgIpc) is 2.69. The highest BCUT2D eigenvalue weighted by molar-refractivity contribution is 6.32. The van der Waals surface area contributed by atoms with Crippen molar-refractivity contribution in [3.8, 4) is 0 Å². The Morgan fingerprint density at radius 1 is 0.962 bits per heavy atom. The van der Waals surface area contributed by atoms with Gasteiger partial charge in [-0.15, -0.1) is 0 Å². The van der Waals surface area contributed by atoms with E-state index in [4.69, 9.17) is 11.6 Å². The van der Waals surface area contributed by atoms with Gasteiger partial charge < -0.3 is 4.90 Å². The van der Waals surface area contributed by atoms with Gasteiger partial charge >= 0.3 is 0 Å². The quantitative estimate of drug-likeness (QED) is 0.754. The van der Waals surface area contributed by atoms with Gasteiger partial charge in [-0.05, 0) is 68.3 Å². The zero-order chi connectivity index (χ0) is 17.9. The summed E-state index contributed by atoms with van der Waals surface area (Å²) in [6, 6.07) is 16.5. The van der Waals surface area contributed by atoms with E-state index in [1.807, 2.05) is 18.2 Å². The number of fused-ring (bicyclic) bond motifs is 1. The summed E-state index contributed by atoms with van der Waals surface area (Å²) in [5.74, 6) is 1.05. The van der Waals surface area contributed by atoms with Crippen LogP contribution in [0.2, 0.25) is 5.02 Å². The van der Waals surface area contributed by atoms with E-state index in [1.54, 1.807) is 0 Å². The van der Waals surface area contributed by atoms with E-state index < -0.39 is 0 Å². The number of hydrogen-bond donors (Lipinski definition) is 0. The fraction of sp³-hybridized carbons (Fsp3) is 0.435. The second-order valence-corrected chi connectivity index (χ2v) is 8.10. The minimum absolute atomic E-state index is 0.192. The van der Waals surface area contributed by atoms with Crippen molar-refractivity contribution in [2.45, 2.75) is 32.1 Å². The van der Waals surface area contributed by atoms with Crippen LogP contribution in [-0.2, 0) is 12.8 Å². The summed E-state index contributed by atoms with van der Waals surface area (Å²) in [5, 5.41) is 0.755. The molecule has 3 heteroatoms. The zero-order valence-corrected chi connectivity index (χ0v) is 15.9. The molecule has 1 heterocycles. The summed E-state index contributed by atoms with van der Waals surface area (Å²) >= 11 is 6.29. The van der Waals surface area contributed by atoms with Crippen LogP contribution in [0.3, 0.4) is 0 Å². The average molecular weight is 368 g/mol. The Hall–Kier alpha value is -1.64. The van der Waals surface area contributed by atoms with Crippen LogP contribution in [0.5, 0.6) is 0 Å². The Labute approximate surface area is 161 Å². The fourth-order valence-corrected chi connectivity index (χ4v) is 4.90. The van der Waals surface area contributed by atoms with Crippen molar-refractivity contribution in [2.24, 2.45) is 11.8 Å². The van der Waals surface area contributed by atoms with Crippen molar-refractivity contribution < 1.29 is 4.79 Å². The summed E-state index contributed by atoms with van der Waals surface area (Å²) in [6.45, 7) is 3.35. The van der Waals surface area contributed by atoms with Crippen molar-refractivity contribution in [2.75, 3.05) is 19.6 Å². The predicted octanol–water partition coefficient (Wildman–Crippen LogP) is 5.04. The number of hydrogen-bond acceptors (Lipinski definition) is 2.